The molecule has 1 aromatic rings. The number of rotatable bonds is 12. The highest BCUT2D eigenvalue weighted by molar-refractivity contribution is 6.00. The summed E-state index contributed by atoms with van der Waals surface area (Å²) in [5.41, 5.74) is 2.02. The minimum atomic E-state index is -0.953. The zero-order chi connectivity index (χ0) is 25.3. The van der Waals surface area contributed by atoms with Gasteiger partial charge in [0.25, 0.3) is 5.69 Å². The first-order valence-corrected chi connectivity index (χ1v) is 12.1. The number of allylic oxidation sites excluding steroid dienone is 2. The van der Waals surface area contributed by atoms with Crippen molar-refractivity contribution in [3.8, 4) is 0 Å². The van der Waals surface area contributed by atoms with Crippen molar-refractivity contribution < 1.29 is 24.0 Å². The molecule has 0 fully saturated rings. The predicted octanol–water partition coefficient (Wildman–Crippen LogP) is 5.64. The molecule has 1 heterocycles. The number of hydrogen-bond donors (Lipinski definition) is 0. The normalized spacial score (nSPS) is 14.4. The van der Waals surface area contributed by atoms with Gasteiger partial charge in [-0.25, -0.2) is 9.59 Å². The van der Waals surface area contributed by atoms with Gasteiger partial charge in [-0.1, -0.05) is 58.7 Å². The molecule has 8 heteroatoms. The van der Waals surface area contributed by atoms with Crippen molar-refractivity contribution in [3.05, 3.63) is 62.5 Å². The van der Waals surface area contributed by atoms with Crippen LogP contribution in [0.2, 0.25) is 0 Å². The number of esters is 2. The fourth-order valence-corrected chi connectivity index (χ4v) is 4.31. The zero-order valence-corrected chi connectivity index (χ0v) is 20.9. The highest BCUT2D eigenvalue weighted by Crippen LogP contribution is 2.46. The van der Waals surface area contributed by atoms with Crippen LogP contribution in [0.25, 0.3) is 0 Å². The smallest absolute Gasteiger partial charge is 0.336 e. The molecule has 0 aromatic heterocycles. The Balaban J connectivity index is 2.78. The molecule has 34 heavy (non-hydrogen) atoms. The first-order chi connectivity index (χ1) is 16.3. The standard InChI is InChI=1S/C26H36N2O6/c1-6-10-16-33-25(29)23-19(8-3)27(5)20(9-4)24(26(30)34-17-11-7-2)22(23)18-14-12-13-15-21(18)28(31)32/h12-15,22H,6-11,16-17H2,1-5H3. The van der Waals surface area contributed by atoms with Crippen molar-refractivity contribution in [1.82, 2.24) is 4.90 Å². The first-order valence-electron chi connectivity index (χ1n) is 12.1. The van der Waals surface area contributed by atoms with Crippen molar-refractivity contribution >= 4 is 17.6 Å². The summed E-state index contributed by atoms with van der Waals surface area (Å²) >= 11 is 0. The van der Waals surface area contributed by atoms with Crippen LogP contribution >= 0.6 is 0 Å². The number of nitro benzene ring substituents is 1. The van der Waals surface area contributed by atoms with Gasteiger partial charge in [-0.15, -0.1) is 0 Å². The van der Waals surface area contributed by atoms with E-state index in [1.807, 2.05) is 39.6 Å². The van der Waals surface area contributed by atoms with Gasteiger partial charge < -0.3 is 14.4 Å². The maximum Gasteiger partial charge on any atom is 0.336 e. The molecular weight excluding hydrogens is 436 g/mol. The molecule has 0 saturated carbocycles. The molecule has 186 valence electrons. The van der Waals surface area contributed by atoms with E-state index in [9.17, 15) is 19.7 Å². The van der Waals surface area contributed by atoms with Gasteiger partial charge in [-0.3, -0.25) is 10.1 Å². The second-order valence-electron chi connectivity index (χ2n) is 8.21. The molecule has 0 atom stereocenters. The van der Waals surface area contributed by atoms with Gasteiger partial charge in [-0.05, 0) is 25.7 Å². The second-order valence-corrected chi connectivity index (χ2v) is 8.21. The molecule has 1 aliphatic heterocycles. The van der Waals surface area contributed by atoms with Crippen LogP contribution in [0, 0.1) is 10.1 Å². The van der Waals surface area contributed by atoms with Gasteiger partial charge in [-0.2, -0.15) is 0 Å². The summed E-state index contributed by atoms with van der Waals surface area (Å²) in [6, 6.07) is 6.25. The lowest BCUT2D eigenvalue weighted by Crippen LogP contribution is -2.35. The van der Waals surface area contributed by atoms with Gasteiger partial charge >= 0.3 is 11.9 Å². The van der Waals surface area contributed by atoms with Crippen LogP contribution in [0.1, 0.15) is 77.7 Å². The predicted molar refractivity (Wildman–Crippen MR) is 130 cm³/mol. The molecule has 0 bridgehead atoms. The summed E-state index contributed by atoms with van der Waals surface area (Å²) < 4.78 is 11.2. The fraction of sp³-hybridized carbons (Fsp3) is 0.538. The number of hydrogen-bond acceptors (Lipinski definition) is 7. The van der Waals surface area contributed by atoms with Gasteiger partial charge in [0, 0.05) is 30.1 Å². The number of carbonyl (C=O) groups is 2. The minimum absolute atomic E-state index is 0.152. The van der Waals surface area contributed by atoms with E-state index >= 15 is 0 Å². The molecular formula is C26H36N2O6. The summed E-state index contributed by atoms with van der Waals surface area (Å²) in [6.07, 6.45) is 4.11. The summed E-state index contributed by atoms with van der Waals surface area (Å²) in [4.78, 5) is 40.2. The molecule has 0 unspecified atom stereocenters. The Labute approximate surface area is 201 Å². The van der Waals surface area contributed by atoms with Crippen LogP contribution in [0.3, 0.4) is 0 Å². The van der Waals surface area contributed by atoms with E-state index in [0.29, 0.717) is 37.1 Å². The van der Waals surface area contributed by atoms with E-state index < -0.39 is 22.8 Å². The summed E-state index contributed by atoms with van der Waals surface area (Å²) in [5.74, 6) is -2.07. The average Bonchev–Trinajstić information content (AvgIpc) is 2.83. The molecule has 2 rings (SSSR count). The number of unbranched alkanes of at least 4 members (excludes halogenated alkanes) is 2. The van der Waals surface area contributed by atoms with Crippen molar-refractivity contribution in [2.75, 3.05) is 20.3 Å². The largest absolute Gasteiger partial charge is 0.462 e. The molecule has 0 radical (unpaired) electrons. The van der Waals surface area contributed by atoms with Crippen LogP contribution in [-0.2, 0) is 19.1 Å². The van der Waals surface area contributed by atoms with Crippen LogP contribution in [-0.4, -0.2) is 42.0 Å². The summed E-state index contributed by atoms with van der Waals surface area (Å²) in [5, 5.41) is 11.9. The van der Waals surface area contributed by atoms with E-state index in [1.165, 1.54) is 6.07 Å². The molecule has 0 amide bonds. The Morgan fingerprint density at radius 3 is 1.79 bits per heavy atom. The lowest BCUT2D eigenvalue weighted by Gasteiger charge is -2.37. The summed E-state index contributed by atoms with van der Waals surface area (Å²) in [6.45, 7) is 8.30. The highest BCUT2D eigenvalue weighted by Gasteiger charge is 2.43. The second kappa shape index (κ2) is 12.9. The third kappa shape index (κ3) is 5.85. The Kier molecular flexibility index (Phi) is 10.3. The molecule has 1 aliphatic rings. The van der Waals surface area contributed by atoms with Crippen LogP contribution in [0.5, 0.6) is 0 Å². The third-order valence-electron chi connectivity index (χ3n) is 6.03. The molecule has 1 aromatic carbocycles. The molecule has 0 N–H and O–H groups in total. The maximum absolute atomic E-state index is 13.4. The average molecular weight is 473 g/mol. The Morgan fingerprint density at radius 1 is 0.912 bits per heavy atom. The third-order valence-corrected chi connectivity index (χ3v) is 6.03. The first kappa shape index (κ1) is 27.1. The van der Waals surface area contributed by atoms with Crippen molar-refractivity contribution in [2.45, 2.75) is 72.1 Å². The van der Waals surface area contributed by atoms with E-state index in [4.69, 9.17) is 9.47 Å². The van der Waals surface area contributed by atoms with Crippen LogP contribution < -0.4 is 0 Å². The number of ether oxygens (including phenoxy) is 2. The lowest BCUT2D eigenvalue weighted by molar-refractivity contribution is -0.385. The number of carbonyl (C=O) groups excluding carboxylic acids is 2. The minimum Gasteiger partial charge on any atom is -0.462 e. The fourth-order valence-electron chi connectivity index (χ4n) is 4.31. The molecule has 0 aliphatic carbocycles. The maximum atomic E-state index is 13.4. The SMILES string of the molecule is CCCCOC(=O)C1=C(CC)N(C)C(CC)=C(C(=O)OCCCC)C1c1ccccc1[N+](=O)[O-]. The Morgan fingerprint density at radius 2 is 1.38 bits per heavy atom. The number of para-hydroxylation sites is 1. The van der Waals surface area contributed by atoms with Gasteiger partial charge in [0.15, 0.2) is 0 Å². The number of nitrogens with zero attached hydrogens (tertiary/aromatic N) is 2. The Bertz CT molecular complexity index is 918. The van der Waals surface area contributed by atoms with Gasteiger partial charge in [0.2, 0.25) is 0 Å². The number of nitro groups is 1. The van der Waals surface area contributed by atoms with E-state index in [-0.39, 0.29) is 35.6 Å². The quantitative estimate of drug-likeness (QED) is 0.168. The molecule has 8 nitrogen and oxygen atoms in total. The van der Waals surface area contributed by atoms with E-state index in [2.05, 4.69) is 0 Å². The molecule has 0 saturated heterocycles. The molecule has 0 spiro atoms. The monoisotopic (exact) mass is 472 g/mol. The van der Waals surface area contributed by atoms with E-state index in [1.54, 1.807) is 18.2 Å². The van der Waals surface area contributed by atoms with Gasteiger partial charge in [0.1, 0.15) is 0 Å². The summed E-state index contributed by atoms with van der Waals surface area (Å²) in [7, 11) is 1.81. The van der Waals surface area contributed by atoms with Crippen molar-refractivity contribution in [3.63, 3.8) is 0 Å². The van der Waals surface area contributed by atoms with Crippen molar-refractivity contribution in [2.24, 2.45) is 0 Å². The number of benzene rings is 1. The Hall–Kier alpha value is -3.16. The topological polar surface area (TPSA) is 99.0 Å². The highest BCUT2D eigenvalue weighted by atomic mass is 16.6. The van der Waals surface area contributed by atoms with E-state index in [0.717, 1.165) is 12.8 Å². The van der Waals surface area contributed by atoms with Crippen molar-refractivity contribution in [1.29, 1.82) is 0 Å². The lowest BCUT2D eigenvalue weighted by atomic mass is 9.78. The van der Waals surface area contributed by atoms with Crippen LogP contribution in [0.4, 0.5) is 5.69 Å². The van der Waals surface area contributed by atoms with Crippen LogP contribution in [0.15, 0.2) is 46.8 Å². The van der Waals surface area contributed by atoms with Gasteiger partial charge in [0.05, 0.1) is 35.2 Å². The zero-order valence-electron chi connectivity index (χ0n) is 20.9.